The number of ether oxygens (including phenoxy) is 1. The van der Waals surface area contributed by atoms with Gasteiger partial charge >= 0.3 is 6.09 Å². The molecule has 2 fully saturated rings. The fourth-order valence-electron chi connectivity index (χ4n) is 5.95. The van der Waals surface area contributed by atoms with E-state index in [-0.39, 0.29) is 18.0 Å². The lowest BCUT2D eigenvalue weighted by atomic mass is 9.85. The lowest BCUT2D eigenvalue weighted by Crippen LogP contribution is -2.49. The van der Waals surface area contributed by atoms with E-state index in [1.165, 1.54) is 31.1 Å². The van der Waals surface area contributed by atoms with Crippen LogP contribution in [-0.2, 0) is 11.3 Å². The van der Waals surface area contributed by atoms with Gasteiger partial charge in [0.15, 0.2) is 0 Å². The summed E-state index contributed by atoms with van der Waals surface area (Å²) in [6.45, 7) is 11.1. The van der Waals surface area contributed by atoms with Crippen LogP contribution in [0, 0.1) is 12.8 Å². The van der Waals surface area contributed by atoms with Gasteiger partial charge in [0.05, 0.1) is 22.8 Å². The van der Waals surface area contributed by atoms with E-state index < -0.39 is 5.60 Å². The molecule has 3 aromatic rings. The smallest absolute Gasteiger partial charge is 0.410 e. The number of H-pyrrole nitrogens is 1. The second kappa shape index (κ2) is 12.6. The number of nitrogens with zero attached hydrogens (tertiary/aromatic N) is 4. The van der Waals surface area contributed by atoms with Crippen LogP contribution in [0.3, 0.4) is 0 Å². The molecule has 2 aliphatic rings. The minimum Gasteiger partial charge on any atom is -0.444 e. The number of amides is 2. The van der Waals surface area contributed by atoms with Crippen molar-refractivity contribution in [1.29, 1.82) is 0 Å². The van der Waals surface area contributed by atoms with E-state index in [0.29, 0.717) is 30.3 Å². The van der Waals surface area contributed by atoms with Gasteiger partial charge in [-0.15, -0.1) is 0 Å². The summed E-state index contributed by atoms with van der Waals surface area (Å²) in [5.74, 6) is 0.930. The molecule has 1 saturated carbocycles. The maximum absolute atomic E-state index is 13.2. The molecule has 2 N–H and O–H groups in total. The predicted octanol–water partition coefficient (Wildman–Crippen LogP) is 5.74. The number of rotatable bonds is 6. The third-order valence-electron chi connectivity index (χ3n) is 8.19. The van der Waals surface area contributed by atoms with Crippen molar-refractivity contribution in [3.05, 3.63) is 47.1 Å². The quantitative estimate of drug-likeness (QED) is 0.392. The second-order valence-electron chi connectivity index (χ2n) is 12.6. The first-order valence-corrected chi connectivity index (χ1v) is 15.1. The van der Waals surface area contributed by atoms with Crippen LogP contribution in [0.5, 0.6) is 0 Å². The summed E-state index contributed by atoms with van der Waals surface area (Å²) >= 11 is 0. The van der Waals surface area contributed by atoms with Gasteiger partial charge in [-0.3, -0.25) is 9.69 Å². The van der Waals surface area contributed by atoms with Gasteiger partial charge in [0.25, 0.3) is 5.91 Å². The fourth-order valence-corrected chi connectivity index (χ4v) is 5.95. The Morgan fingerprint density at radius 3 is 2.46 bits per heavy atom. The molecule has 2 amide bonds. The molecule has 1 unspecified atom stereocenters. The third kappa shape index (κ3) is 7.47. The lowest BCUT2D eigenvalue weighted by molar-refractivity contribution is 0.0139. The monoisotopic (exact) mass is 564 g/mol. The van der Waals surface area contributed by atoms with E-state index >= 15 is 0 Å². The maximum Gasteiger partial charge on any atom is 0.410 e. The molecule has 10 nitrogen and oxygen atoms in total. The van der Waals surface area contributed by atoms with Crippen molar-refractivity contribution < 1.29 is 18.8 Å². The van der Waals surface area contributed by atoms with Crippen molar-refractivity contribution in [1.82, 2.24) is 30.2 Å². The summed E-state index contributed by atoms with van der Waals surface area (Å²) < 4.78 is 10.6. The van der Waals surface area contributed by atoms with E-state index in [0.717, 1.165) is 62.2 Å². The normalized spacial score (nSPS) is 18.6. The van der Waals surface area contributed by atoms with Crippen molar-refractivity contribution in [3.8, 4) is 0 Å². The van der Waals surface area contributed by atoms with Crippen molar-refractivity contribution >= 4 is 23.0 Å². The zero-order valence-electron chi connectivity index (χ0n) is 24.9. The van der Waals surface area contributed by atoms with E-state index in [1.54, 1.807) is 11.8 Å². The third-order valence-corrected chi connectivity index (χ3v) is 8.19. The number of aryl methyl sites for hydroxylation is 1. The van der Waals surface area contributed by atoms with Crippen molar-refractivity contribution in [2.24, 2.45) is 5.92 Å². The summed E-state index contributed by atoms with van der Waals surface area (Å²) in [4.78, 5) is 38.4. The molecule has 1 aliphatic heterocycles. The molecule has 0 spiro atoms. The molecule has 222 valence electrons. The summed E-state index contributed by atoms with van der Waals surface area (Å²) in [5, 5.41) is 7.17. The number of carbonyl (C=O) groups excluding carboxylic acids is 2. The lowest BCUT2D eigenvalue weighted by Gasteiger charge is -2.35. The number of carbonyl (C=O) groups is 2. The van der Waals surface area contributed by atoms with Gasteiger partial charge in [-0.2, -0.15) is 0 Å². The molecular formula is C31H44N6O4. The Kier molecular flexibility index (Phi) is 8.97. The molecule has 1 saturated heterocycles. The minimum absolute atomic E-state index is 0.178. The number of aromatic nitrogens is 3. The topological polar surface area (TPSA) is 117 Å². The Morgan fingerprint density at radius 2 is 1.80 bits per heavy atom. The zero-order chi connectivity index (χ0) is 29.0. The van der Waals surface area contributed by atoms with Gasteiger partial charge in [0.2, 0.25) is 0 Å². The highest BCUT2D eigenvalue weighted by molar-refractivity contribution is 5.95. The number of aromatic amines is 1. The summed E-state index contributed by atoms with van der Waals surface area (Å²) in [6.07, 6.45) is 9.37. The van der Waals surface area contributed by atoms with Crippen molar-refractivity contribution in [3.63, 3.8) is 0 Å². The van der Waals surface area contributed by atoms with Gasteiger partial charge in [-0.1, -0.05) is 43.3 Å². The second-order valence-corrected chi connectivity index (χ2v) is 12.6. The highest BCUT2D eigenvalue weighted by atomic mass is 16.6. The van der Waals surface area contributed by atoms with Crippen LogP contribution in [0.4, 0.5) is 4.79 Å². The Morgan fingerprint density at radius 1 is 1.10 bits per heavy atom. The summed E-state index contributed by atoms with van der Waals surface area (Å²) in [5.41, 5.74) is 3.60. The molecule has 1 atom stereocenters. The molecule has 1 aliphatic carbocycles. The van der Waals surface area contributed by atoms with Crippen LogP contribution < -0.4 is 5.32 Å². The van der Waals surface area contributed by atoms with Gasteiger partial charge in [-0.25, -0.2) is 9.78 Å². The van der Waals surface area contributed by atoms with E-state index in [2.05, 4.69) is 38.6 Å². The van der Waals surface area contributed by atoms with Gasteiger partial charge in [0.1, 0.15) is 23.3 Å². The first-order chi connectivity index (χ1) is 19.7. The number of piperazine rings is 1. The highest BCUT2D eigenvalue weighted by Gasteiger charge is 2.30. The highest BCUT2D eigenvalue weighted by Crippen LogP contribution is 2.33. The number of benzene rings is 1. The predicted molar refractivity (Wildman–Crippen MR) is 156 cm³/mol. The molecule has 0 radical (unpaired) electrons. The first kappa shape index (κ1) is 29.1. The fraction of sp³-hybridized carbons (Fsp3) is 0.613. The Bertz CT molecular complexity index is 1330. The standard InChI is InChI=1S/C31H44N6O4/c1-21-24(20-40-35-21)29(38)34-27(23-10-8-6-5-7-9-11-23)28-32-25-13-12-22(18-26(25)33-28)19-36-14-16-37(17-15-36)30(39)41-31(2,3)4/h12-13,18,20,23,27H,5-11,14-17,19H2,1-4H3,(H,32,33)(H,34,38). The molecule has 5 rings (SSSR count). The van der Waals surface area contributed by atoms with Gasteiger partial charge in [0, 0.05) is 32.7 Å². The van der Waals surface area contributed by atoms with E-state index in [1.807, 2.05) is 20.8 Å². The van der Waals surface area contributed by atoms with Crippen LogP contribution in [-0.4, -0.2) is 68.7 Å². The minimum atomic E-state index is -0.487. The Balaban J connectivity index is 1.29. The molecule has 10 heteroatoms. The Hall–Kier alpha value is -3.40. The van der Waals surface area contributed by atoms with Gasteiger partial charge < -0.3 is 24.5 Å². The van der Waals surface area contributed by atoms with E-state index in [9.17, 15) is 9.59 Å². The average molecular weight is 565 g/mol. The molecular weight excluding hydrogens is 520 g/mol. The largest absolute Gasteiger partial charge is 0.444 e. The SMILES string of the molecule is Cc1nocc1C(=O)NC(c1nc2cc(CN3CCN(C(=O)OC(C)(C)C)CC3)ccc2[nH]1)C1CCCCCCC1. The van der Waals surface area contributed by atoms with Crippen molar-refractivity contribution in [2.75, 3.05) is 26.2 Å². The average Bonchev–Trinajstić information content (AvgIpc) is 3.52. The molecule has 2 aromatic heterocycles. The summed E-state index contributed by atoms with van der Waals surface area (Å²) in [7, 11) is 0. The van der Waals surface area contributed by atoms with Crippen LogP contribution in [0.15, 0.2) is 29.0 Å². The van der Waals surface area contributed by atoms with Crippen molar-refractivity contribution in [2.45, 2.75) is 90.8 Å². The van der Waals surface area contributed by atoms with Crippen LogP contribution in [0.1, 0.15) is 99.2 Å². The molecule has 1 aromatic carbocycles. The van der Waals surface area contributed by atoms with Gasteiger partial charge in [-0.05, 0) is 64.2 Å². The molecule has 3 heterocycles. The van der Waals surface area contributed by atoms with Crippen LogP contribution >= 0.6 is 0 Å². The number of imidazole rings is 1. The number of hydrogen-bond acceptors (Lipinski definition) is 7. The molecule has 41 heavy (non-hydrogen) atoms. The summed E-state index contributed by atoms with van der Waals surface area (Å²) in [6, 6.07) is 6.14. The number of nitrogens with one attached hydrogen (secondary N) is 2. The maximum atomic E-state index is 13.2. The number of fused-ring (bicyclic) bond motifs is 1. The molecule has 0 bridgehead atoms. The van der Waals surface area contributed by atoms with Crippen LogP contribution in [0.2, 0.25) is 0 Å². The first-order valence-electron chi connectivity index (χ1n) is 15.1. The zero-order valence-corrected chi connectivity index (χ0v) is 24.9. The van der Waals surface area contributed by atoms with Crippen LogP contribution in [0.25, 0.3) is 11.0 Å². The Labute approximate surface area is 242 Å². The van der Waals surface area contributed by atoms with E-state index in [4.69, 9.17) is 14.2 Å². The number of hydrogen-bond donors (Lipinski definition) is 2.